The van der Waals surface area contributed by atoms with Crippen molar-refractivity contribution in [2.45, 2.75) is 49.6 Å². The van der Waals surface area contributed by atoms with Gasteiger partial charge in [-0.25, -0.2) is 4.39 Å². The molecule has 0 bridgehead atoms. The van der Waals surface area contributed by atoms with Crippen molar-refractivity contribution in [2.24, 2.45) is 5.92 Å². The third-order valence-electron chi connectivity index (χ3n) is 4.29. The van der Waals surface area contributed by atoms with Crippen molar-refractivity contribution < 1.29 is 4.39 Å². The normalized spacial score (nSPS) is 31.3. The number of hydrogen-bond acceptors (Lipinski definition) is 2. The third kappa shape index (κ3) is 2.43. The zero-order chi connectivity index (χ0) is 12.5. The van der Waals surface area contributed by atoms with Crippen LogP contribution in [-0.4, -0.2) is 11.8 Å². The predicted molar refractivity (Wildman–Crippen MR) is 74.4 cm³/mol. The maximum absolute atomic E-state index is 13.4. The molecule has 0 amide bonds. The minimum Gasteiger partial charge on any atom is -0.307 e. The van der Waals surface area contributed by atoms with E-state index in [4.69, 9.17) is 0 Å². The Bertz CT molecular complexity index is 435. The second-order valence-corrected chi connectivity index (χ2v) is 6.69. The molecule has 98 valence electrons. The molecule has 1 heterocycles. The minimum absolute atomic E-state index is 0.109. The van der Waals surface area contributed by atoms with Crippen LogP contribution < -0.4 is 5.32 Å². The molecule has 3 rings (SSSR count). The molecule has 1 saturated carbocycles. The smallest absolute Gasteiger partial charge is 0.123 e. The van der Waals surface area contributed by atoms with E-state index in [1.54, 1.807) is 12.1 Å². The highest BCUT2D eigenvalue weighted by atomic mass is 32.2. The number of rotatable bonds is 2. The van der Waals surface area contributed by atoms with E-state index in [2.05, 4.69) is 12.2 Å². The lowest BCUT2D eigenvalue weighted by Crippen LogP contribution is -2.36. The average Bonchev–Trinajstić information content (AvgIpc) is 2.76. The molecule has 0 aromatic heterocycles. The molecule has 1 aliphatic heterocycles. The minimum atomic E-state index is -0.109. The Morgan fingerprint density at radius 1 is 1.28 bits per heavy atom. The highest BCUT2D eigenvalue weighted by Crippen LogP contribution is 2.38. The maximum Gasteiger partial charge on any atom is 0.123 e. The van der Waals surface area contributed by atoms with Gasteiger partial charge in [0.2, 0.25) is 0 Å². The fraction of sp³-hybridized carbons (Fsp3) is 0.600. The SMILES string of the molecule is CC1CCCC1NC1CCSc2ccc(F)cc21. The van der Waals surface area contributed by atoms with Crippen LogP contribution in [-0.2, 0) is 0 Å². The number of thioether (sulfide) groups is 1. The standard InChI is InChI=1S/C15H20FNS/c1-10-3-2-4-13(10)17-14-7-8-18-15-6-5-11(16)9-12(14)15/h5-6,9-10,13-14,17H,2-4,7-8H2,1H3. The topological polar surface area (TPSA) is 12.0 Å². The number of halogens is 1. The Morgan fingerprint density at radius 2 is 2.17 bits per heavy atom. The predicted octanol–water partition coefficient (Wildman–Crippen LogP) is 4.14. The van der Waals surface area contributed by atoms with E-state index < -0.39 is 0 Å². The summed E-state index contributed by atoms with van der Waals surface area (Å²) in [5.41, 5.74) is 1.17. The Labute approximate surface area is 113 Å². The summed E-state index contributed by atoms with van der Waals surface area (Å²) < 4.78 is 13.4. The van der Waals surface area contributed by atoms with Crippen LogP contribution in [0.2, 0.25) is 0 Å². The second kappa shape index (κ2) is 5.22. The summed E-state index contributed by atoms with van der Waals surface area (Å²) in [6, 6.07) is 6.20. The molecule has 3 unspecified atom stereocenters. The average molecular weight is 265 g/mol. The van der Waals surface area contributed by atoms with Crippen molar-refractivity contribution >= 4 is 11.8 Å². The van der Waals surface area contributed by atoms with Gasteiger partial charge in [0, 0.05) is 17.0 Å². The monoisotopic (exact) mass is 265 g/mol. The summed E-state index contributed by atoms with van der Waals surface area (Å²) in [6.45, 7) is 2.33. The van der Waals surface area contributed by atoms with Gasteiger partial charge in [-0.2, -0.15) is 0 Å². The van der Waals surface area contributed by atoms with E-state index in [0.717, 1.165) is 18.1 Å². The van der Waals surface area contributed by atoms with Crippen LogP contribution >= 0.6 is 11.8 Å². The molecule has 0 saturated heterocycles. The number of nitrogens with one attached hydrogen (secondary N) is 1. The molecule has 1 aliphatic carbocycles. The lowest BCUT2D eigenvalue weighted by molar-refractivity contribution is 0.366. The van der Waals surface area contributed by atoms with Crippen LogP contribution in [0.4, 0.5) is 4.39 Å². The zero-order valence-electron chi connectivity index (χ0n) is 10.8. The summed E-state index contributed by atoms with van der Waals surface area (Å²) in [7, 11) is 0. The number of fused-ring (bicyclic) bond motifs is 1. The van der Waals surface area contributed by atoms with Gasteiger partial charge in [-0.1, -0.05) is 13.3 Å². The van der Waals surface area contributed by atoms with Gasteiger partial charge < -0.3 is 5.32 Å². The second-order valence-electron chi connectivity index (χ2n) is 5.55. The molecule has 0 radical (unpaired) electrons. The molecular weight excluding hydrogens is 245 g/mol. The molecule has 2 aliphatic rings. The van der Waals surface area contributed by atoms with Gasteiger partial charge >= 0.3 is 0 Å². The molecule has 1 aromatic carbocycles. The van der Waals surface area contributed by atoms with Gasteiger partial charge in [0.1, 0.15) is 5.82 Å². The molecular formula is C15H20FNS. The Morgan fingerprint density at radius 3 is 2.94 bits per heavy atom. The van der Waals surface area contributed by atoms with Gasteiger partial charge in [0.05, 0.1) is 0 Å². The van der Waals surface area contributed by atoms with E-state index in [9.17, 15) is 4.39 Å². The van der Waals surface area contributed by atoms with Crippen molar-refractivity contribution in [3.8, 4) is 0 Å². The van der Waals surface area contributed by atoms with Gasteiger partial charge in [-0.15, -0.1) is 11.8 Å². The maximum atomic E-state index is 13.4. The van der Waals surface area contributed by atoms with Crippen LogP contribution in [0.25, 0.3) is 0 Å². The number of benzene rings is 1. The molecule has 3 atom stereocenters. The molecule has 3 heteroatoms. The fourth-order valence-corrected chi connectivity index (χ4v) is 4.30. The molecule has 1 aromatic rings. The molecule has 1 nitrogen and oxygen atoms in total. The Balaban J connectivity index is 1.80. The Kier molecular flexibility index (Phi) is 3.62. The number of hydrogen-bond donors (Lipinski definition) is 1. The van der Waals surface area contributed by atoms with Gasteiger partial charge in [-0.3, -0.25) is 0 Å². The van der Waals surface area contributed by atoms with Crippen LogP contribution in [0.3, 0.4) is 0 Å². The molecule has 0 spiro atoms. The van der Waals surface area contributed by atoms with Crippen molar-refractivity contribution in [3.05, 3.63) is 29.6 Å². The lowest BCUT2D eigenvalue weighted by Gasteiger charge is -2.30. The first-order chi connectivity index (χ1) is 8.74. The van der Waals surface area contributed by atoms with E-state index in [0.29, 0.717) is 12.1 Å². The van der Waals surface area contributed by atoms with Crippen molar-refractivity contribution in [1.29, 1.82) is 0 Å². The quantitative estimate of drug-likeness (QED) is 0.862. The van der Waals surface area contributed by atoms with E-state index >= 15 is 0 Å². The summed E-state index contributed by atoms with van der Waals surface area (Å²) >= 11 is 1.85. The highest BCUT2D eigenvalue weighted by Gasteiger charge is 2.28. The van der Waals surface area contributed by atoms with E-state index in [1.165, 1.54) is 29.7 Å². The van der Waals surface area contributed by atoms with Crippen LogP contribution in [0.15, 0.2) is 23.1 Å². The van der Waals surface area contributed by atoms with Crippen molar-refractivity contribution in [2.75, 3.05) is 5.75 Å². The summed E-state index contributed by atoms with van der Waals surface area (Å²) in [5.74, 6) is 1.79. The van der Waals surface area contributed by atoms with Crippen LogP contribution in [0.1, 0.15) is 44.2 Å². The van der Waals surface area contributed by atoms with Crippen LogP contribution in [0.5, 0.6) is 0 Å². The lowest BCUT2D eigenvalue weighted by atomic mass is 9.99. The fourth-order valence-electron chi connectivity index (χ4n) is 3.19. The van der Waals surface area contributed by atoms with Gasteiger partial charge in [0.25, 0.3) is 0 Å². The van der Waals surface area contributed by atoms with Gasteiger partial charge in [0.15, 0.2) is 0 Å². The largest absolute Gasteiger partial charge is 0.307 e. The first kappa shape index (κ1) is 12.5. The highest BCUT2D eigenvalue weighted by molar-refractivity contribution is 7.99. The van der Waals surface area contributed by atoms with Crippen molar-refractivity contribution in [3.63, 3.8) is 0 Å². The summed E-state index contributed by atoms with van der Waals surface area (Å²) in [4.78, 5) is 1.26. The Hall–Kier alpha value is -0.540. The molecule has 18 heavy (non-hydrogen) atoms. The summed E-state index contributed by atoms with van der Waals surface area (Å²) in [5, 5.41) is 3.77. The van der Waals surface area contributed by atoms with E-state index in [1.807, 2.05) is 17.8 Å². The summed E-state index contributed by atoms with van der Waals surface area (Å²) in [6.07, 6.45) is 5.05. The van der Waals surface area contributed by atoms with Crippen molar-refractivity contribution in [1.82, 2.24) is 5.32 Å². The zero-order valence-corrected chi connectivity index (χ0v) is 11.6. The molecule has 1 fully saturated rings. The van der Waals surface area contributed by atoms with Crippen LogP contribution in [0, 0.1) is 11.7 Å². The van der Waals surface area contributed by atoms with E-state index in [-0.39, 0.29) is 5.82 Å². The third-order valence-corrected chi connectivity index (χ3v) is 5.41. The van der Waals surface area contributed by atoms with Gasteiger partial charge in [-0.05, 0) is 54.7 Å². The molecule has 1 N–H and O–H groups in total. The first-order valence-corrected chi connectivity index (χ1v) is 7.91. The first-order valence-electron chi connectivity index (χ1n) is 6.92.